The molecule has 1 aromatic rings. The van der Waals surface area contributed by atoms with E-state index in [9.17, 15) is 9.18 Å². The second-order valence-corrected chi connectivity index (χ2v) is 3.50. The normalized spacial score (nSPS) is 10.3. The number of benzene rings is 1. The van der Waals surface area contributed by atoms with E-state index in [4.69, 9.17) is 4.74 Å². The highest BCUT2D eigenvalue weighted by molar-refractivity contribution is 5.89. The summed E-state index contributed by atoms with van der Waals surface area (Å²) in [6.07, 6.45) is 0. The molecule has 0 aromatic heterocycles. The molecular formula is C11H13FO2. The van der Waals surface area contributed by atoms with Crippen LogP contribution in [0.4, 0.5) is 4.39 Å². The zero-order valence-electron chi connectivity index (χ0n) is 8.29. The summed E-state index contributed by atoms with van der Waals surface area (Å²) in [5.74, 6) is -0.455. The zero-order valence-corrected chi connectivity index (χ0v) is 8.29. The third-order valence-electron chi connectivity index (χ3n) is 1.63. The maximum absolute atomic E-state index is 12.5. The van der Waals surface area contributed by atoms with Gasteiger partial charge in [0.25, 0.3) is 0 Å². The number of carbonyl (C=O) groups is 1. The Kier molecular flexibility index (Phi) is 3.63. The Balaban J connectivity index is 2.57. The predicted molar refractivity (Wildman–Crippen MR) is 51.5 cm³/mol. The minimum atomic E-state index is -0.404. The van der Waals surface area contributed by atoms with Crippen molar-refractivity contribution in [1.29, 1.82) is 0 Å². The van der Waals surface area contributed by atoms with Crippen LogP contribution in [0.1, 0.15) is 24.2 Å². The highest BCUT2D eigenvalue weighted by atomic mass is 19.1. The third-order valence-corrected chi connectivity index (χ3v) is 1.63. The minimum Gasteiger partial charge on any atom is -0.462 e. The van der Waals surface area contributed by atoms with Crippen molar-refractivity contribution in [3.8, 4) is 0 Å². The minimum absolute atomic E-state index is 0.305. The summed E-state index contributed by atoms with van der Waals surface area (Å²) in [6, 6.07) is 5.31. The van der Waals surface area contributed by atoms with Gasteiger partial charge in [-0.05, 0) is 30.2 Å². The zero-order chi connectivity index (χ0) is 10.6. The van der Waals surface area contributed by atoms with Gasteiger partial charge >= 0.3 is 5.97 Å². The van der Waals surface area contributed by atoms with Crippen molar-refractivity contribution in [3.63, 3.8) is 0 Å². The Bertz CT molecular complexity index is 304. The fourth-order valence-electron chi connectivity index (χ4n) is 0.912. The lowest BCUT2D eigenvalue weighted by molar-refractivity contribution is 0.0459. The van der Waals surface area contributed by atoms with Crippen LogP contribution < -0.4 is 0 Å². The van der Waals surface area contributed by atoms with E-state index in [1.165, 1.54) is 24.3 Å². The molecule has 0 saturated carbocycles. The molecule has 0 fully saturated rings. The van der Waals surface area contributed by atoms with Crippen LogP contribution in [-0.2, 0) is 4.74 Å². The lowest BCUT2D eigenvalue weighted by Gasteiger charge is -2.06. The van der Waals surface area contributed by atoms with Gasteiger partial charge in [0, 0.05) is 0 Å². The van der Waals surface area contributed by atoms with Crippen LogP contribution in [-0.4, -0.2) is 12.6 Å². The summed E-state index contributed by atoms with van der Waals surface area (Å²) in [5.41, 5.74) is 0.382. The van der Waals surface area contributed by atoms with Crippen molar-refractivity contribution in [2.75, 3.05) is 6.61 Å². The largest absolute Gasteiger partial charge is 0.462 e. The molecule has 0 spiro atoms. The van der Waals surface area contributed by atoms with E-state index in [1.807, 2.05) is 13.8 Å². The van der Waals surface area contributed by atoms with E-state index in [-0.39, 0.29) is 5.82 Å². The Morgan fingerprint density at radius 2 is 1.93 bits per heavy atom. The Morgan fingerprint density at radius 1 is 1.36 bits per heavy atom. The monoisotopic (exact) mass is 196 g/mol. The first-order valence-corrected chi connectivity index (χ1v) is 4.52. The van der Waals surface area contributed by atoms with Gasteiger partial charge in [-0.15, -0.1) is 0 Å². The maximum atomic E-state index is 12.5. The van der Waals surface area contributed by atoms with Gasteiger partial charge in [0.15, 0.2) is 0 Å². The molecule has 2 nitrogen and oxygen atoms in total. The first-order valence-electron chi connectivity index (χ1n) is 4.52. The number of hydrogen-bond acceptors (Lipinski definition) is 2. The van der Waals surface area contributed by atoms with Crippen LogP contribution in [0.25, 0.3) is 0 Å². The van der Waals surface area contributed by atoms with Crippen LogP contribution >= 0.6 is 0 Å². The van der Waals surface area contributed by atoms with Crippen LogP contribution in [0.5, 0.6) is 0 Å². The molecule has 1 rings (SSSR count). The topological polar surface area (TPSA) is 26.3 Å². The summed E-state index contributed by atoms with van der Waals surface area (Å²) in [4.78, 5) is 11.3. The molecule has 0 amide bonds. The standard InChI is InChI=1S/C11H13FO2/c1-8(2)7-14-11(13)9-3-5-10(12)6-4-9/h3-6,8H,7H2,1-2H3. The first-order chi connectivity index (χ1) is 6.59. The van der Waals surface area contributed by atoms with Crippen LogP contribution in [0.3, 0.4) is 0 Å². The van der Waals surface area contributed by atoms with E-state index in [2.05, 4.69) is 0 Å². The number of halogens is 1. The van der Waals surface area contributed by atoms with Crippen molar-refractivity contribution in [2.45, 2.75) is 13.8 Å². The first kappa shape index (κ1) is 10.7. The summed E-state index contributed by atoms with van der Waals surface area (Å²) in [6.45, 7) is 4.30. The van der Waals surface area contributed by atoms with Gasteiger partial charge in [-0.3, -0.25) is 0 Å². The van der Waals surface area contributed by atoms with Crippen LogP contribution in [0.15, 0.2) is 24.3 Å². The molecule has 0 bridgehead atoms. The third kappa shape index (κ3) is 3.17. The Hall–Kier alpha value is -1.38. The number of hydrogen-bond donors (Lipinski definition) is 0. The Morgan fingerprint density at radius 3 is 2.43 bits per heavy atom. The summed E-state index contributed by atoms with van der Waals surface area (Å²) >= 11 is 0. The van der Waals surface area contributed by atoms with Gasteiger partial charge in [-0.1, -0.05) is 13.8 Å². The fraction of sp³-hybridized carbons (Fsp3) is 0.364. The molecule has 0 aliphatic carbocycles. The SMILES string of the molecule is CC(C)COC(=O)c1ccc(F)cc1. The van der Waals surface area contributed by atoms with E-state index in [0.29, 0.717) is 18.1 Å². The molecule has 0 atom stereocenters. The van der Waals surface area contributed by atoms with Crippen LogP contribution in [0.2, 0.25) is 0 Å². The summed E-state index contributed by atoms with van der Waals surface area (Å²) in [7, 11) is 0. The molecule has 76 valence electrons. The van der Waals surface area contributed by atoms with E-state index >= 15 is 0 Å². The molecule has 1 aromatic carbocycles. The molecule has 0 N–H and O–H groups in total. The van der Waals surface area contributed by atoms with Crippen molar-refractivity contribution >= 4 is 5.97 Å². The molecule has 0 saturated heterocycles. The smallest absolute Gasteiger partial charge is 0.338 e. The van der Waals surface area contributed by atoms with E-state index < -0.39 is 5.97 Å². The summed E-state index contributed by atoms with van der Waals surface area (Å²) in [5, 5.41) is 0. The lowest BCUT2D eigenvalue weighted by atomic mass is 10.2. The Labute approximate surface area is 82.7 Å². The fourth-order valence-corrected chi connectivity index (χ4v) is 0.912. The van der Waals surface area contributed by atoms with Gasteiger partial charge in [-0.2, -0.15) is 0 Å². The average molecular weight is 196 g/mol. The lowest BCUT2D eigenvalue weighted by Crippen LogP contribution is -2.09. The van der Waals surface area contributed by atoms with Crippen molar-refractivity contribution in [1.82, 2.24) is 0 Å². The summed E-state index contributed by atoms with van der Waals surface area (Å²) < 4.78 is 17.5. The van der Waals surface area contributed by atoms with E-state index in [1.54, 1.807) is 0 Å². The quantitative estimate of drug-likeness (QED) is 0.694. The number of carbonyl (C=O) groups excluding carboxylic acids is 1. The van der Waals surface area contributed by atoms with Gasteiger partial charge in [0.05, 0.1) is 12.2 Å². The van der Waals surface area contributed by atoms with E-state index in [0.717, 1.165) is 0 Å². The van der Waals surface area contributed by atoms with Crippen LogP contribution in [0, 0.1) is 11.7 Å². The predicted octanol–water partition coefficient (Wildman–Crippen LogP) is 2.64. The van der Waals surface area contributed by atoms with Crippen molar-refractivity contribution < 1.29 is 13.9 Å². The molecule has 3 heteroatoms. The maximum Gasteiger partial charge on any atom is 0.338 e. The number of esters is 1. The highest BCUT2D eigenvalue weighted by Gasteiger charge is 2.07. The van der Waals surface area contributed by atoms with Gasteiger partial charge in [-0.25, -0.2) is 9.18 Å². The molecule has 0 heterocycles. The van der Waals surface area contributed by atoms with Gasteiger partial charge in [0.2, 0.25) is 0 Å². The molecule has 0 aliphatic rings. The second kappa shape index (κ2) is 4.74. The molecule has 0 unspecified atom stereocenters. The molecule has 0 radical (unpaired) electrons. The average Bonchev–Trinajstić information content (AvgIpc) is 2.15. The molecule has 14 heavy (non-hydrogen) atoms. The van der Waals surface area contributed by atoms with Crippen molar-refractivity contribution in [3.05, 3.63) is 35.6 Å². The number of rotatable bonds is 3. The van der Waals surface area contributed by atoms with Gasteiger partial charge in [0.1, 0.15) is 5.82 Å². The molecular weight excluding hydrogens is 183 g/mol. The highest BCUT2D eigenvalue weighted by Crippen LogP contribution is 2.05. The number of ether oxygens (including phenoxy) is 1. The second-order valence-electron chi connectivity index (χ2n) is 3.50. The van der Waals surface area contributed by atoms with Crippen molar-refractivity contribution in [2.24, 2.45) is 5.92 Å². The van der Waals surface area contributed by atoms with Gasteiger partial charge < -0.3 is 4.74 Å². The molecule has 0 aliphatic heterocycles.